The third-order valence-electron chi connectivity index (χ3n) is 1.71. The number of rotatable bonds is 1. The van der Waals surface area contributed by atoms with Crippen molar-refractivity contribution in [1.82, 2.24) is 25.4 Å². The molecule has 0 fully saturated rings. The molecule has 14 heavy (non-hydrogen) atoms. The number of aromatic nitrogens is 5. The Morgan fingerprint density at radius 2 is 1.64 bits per heavy atom. The van der Waals surface area contributed by atoms with Crippen molar-refractivity contribution in [2.45, 2.75) is 13.8 Å². The van der Waals surface area contributed by atoms with Crippen molar-refractivity contribution in [3.05, 3.63) is 29.8 Å². The second kappa shape index (κ2) is 3.45. The fraction of sp³-hybridized carbons (Fsp3) is 0.222. The van der Waals surface area contributed by atoms with Crippen LogP contribution in [-0.2, 0) is 0 Å². The van der Waals surface area contributed by atoms with Gasteiger partial charge in [-0.3, -0.25) is 4.98 Å². The third kappa shape index (κ3) is 1.71. The molecule has 0 spiro atoms. The Morgan fingerprint density at radius 1 is 0.929 bits per heavy atom. The molecule has 0 saturated heterocycles. The first kappa shape index (κ1) is 8.68. The second-order valence-corrected chi connectivity index (χ2v) is 3.02. The smallest absolute Gasteiger partial charge is 0.205 e. The summed E-state index contributed by atoms with van der Waals surface area (Å²) >= 11 is 0. The Bertz CT molecular complexity index is 437. The Kier molecular flexibility index (Phi) is 2.14. The molecule has 70 valence electrons. The van der Waals surface area contributed by atoms with E-state index in [9.17, 15) is 0 Å². The average molecular weight is 187 g/mol. The molecule has 2 aromatic rings. The van der Waals surface area contributed by atoms with Crippen molar-refractivity contribution in [1.29, 1.82) is 0 Å². The number of nitrogens with zero attached hydrogens (tertiary/aromatic N) is 5. The zero-order valence-electron chi connectivity index (χ0n) is 7.97. The molecule has 0 atom stereocenters. The highest BCUT2D eigenvalue weighted by atomic mass is 15.3. The van der Waals surface area contributed by atoms with Gasteiger partial charge in [-0.05, 0) is 25.5 Å². The van der Waals surface area contributed by atoms with Crippen LogP contribution in [0.25, 0.3) is 11.4 Å². The second-order valence-electron chi connectivity index (χ2n) is 3.02. The molecule has 0 aliphatic heterocycles. The molecule has 0 aliphatic rings. The van der Waals surface area contributed by atoms with E-state index < -0.39 is 0 Å². The molecule has 0 bridgehead atoms. The van der Waals surface area contributed by atoms with Gasteiger partial charge in [0.1, 0.15) is 0 Å². The van der Waals surface area contributed by atoms with E-state index in [0.717, 1.165) is 11.1 Å². The van der Waals surface area contributed by atoms with Crippen LogP contribution in [0.1, 0.15) is 11.4 Å². The summed E-state index contributed by atoms with van der Waals surface area (Å²) < 4.78 is 0. The molecule has 2 heterocycles. The van der Waals surface area contributed by atoms with Crippen molar-refractivity contribution >= 4 is 0 Å². The predicted octanol–water partition coefficient (Wildman–Crippen LogP) is 0.945. The molecule has 2 rings (SSSR count). The number of aryl methyl sites for hydroxylation is 2. The molecule has 0 saturated carbocycles. The monoisotopic (exact) mass is 187 g/mol. The molecule has 0 radical (unpaired) electrons. The predicted molar refractivity (Wildman–Crippen MR) is 50.3 cm³/mol. The summed E-state index contributed by atoms with van der Waals surface area (Å²) in [4.78, 5) is 4.05. The fourth-order valence-corrected chi connectivity index (χ4v) is 1.07. The maximum Gasteiger partial charge on any atom is 0.205 e. The first-order valence-electron chi connectivity index (χ1n) is 4.22. The lowest BCUT2D eigenvalue weighted by Gasteiger charge is -1.98. The molecule has 0 unspecified atom stereocenters. The van der Waals surface area contributed by atoms with Gasteiger partial charge in [0.25, 0.3) is 0 Å². The highest BCUT2D eigenvalue weighted by Crippen LogP contribution is 2.11. The van der Waals surface area contributed by atoms with Crippen LogP contribution >= 0.6 is 0 Å². The van der Waals surface area contributed by atoms with Crippen molar-refractivity contribution < 1.29 is 0 Å². The summed E-state index contributed by atoms with van der Waals surface area (Å²) in [5, 5.41) is 15.5. The average Bonchev–Trinajstić information content (AvgIpc) is 2.19. The standard InChI is InChI=1S/C9H9N5/c1-6-3-8(5-10-4-6)9-13-11-7(2)12-14-9/h3-5H,1-2H3. The van der Waals surface area contributed by atoms with Gasteiger partial charge in [0, 0.05) is 18.0 Å². The fourth-order valence-electron chi connectivity index (χ4n) is 1.07. The van der Waals surface area contributed by atoms with E-state index in [-0.39, 0.29) is 0 Å². The van der Waals surface area contributed by atoms with Crippen molar-refractivity contribution in [3.8, 4) is 11.4 Å². The van der Waals surface area contributed by atoms with E-state index in [1.807, 2.05) is 13.0 Å². The minimum Gasteiger partial charge on any atom is -0.264 e. The lowest BCUT2D eigenvalue weighted by molar-refractivity contribution is 0.815. The first-order chi connectivity index (χ1) is 6.75. The van der Waals surface area contributed by atoms with Gasteiger partial charge in [-0.1, -0.05) is 0 Å². The van der Waals surface area contributed by atoms with Crippen LogP contribution in [0.5, 0.6) is 0 Å². The van der Waals surface area contributed by atoms with E-state index in [1.165, 1.54) is 0 Å². The SMILES string of the molecule is Cc1cncc(-c2nnc(C)nn2)c1. The van der Waals surface area contributed by atoms with Crippen LogP contribution < -0.4 is 0 Å². The first-order valence-corrected chi connectivity index (χ1v) is 4.22. The topological polar surface area (TPSA) is 64.5 Å². The Labute approximate surface area is 81.3 Å². The summed E-state index contributed by atoms with van der Waals surface area (Å²) in [5.74, 6) is 1.07. The molecular weight excluding hydrogens is 178 g/mol. The normalized spacial score (nSPS) is 10.1. The lowest BCUT2D eigenvalue weighted by Crippen LogP contribution is -1.98. The summed E-state index contributed by atoms with van der Waals surface area (Å²) in [5.41, 5.74) is 1.90. The molecule has 0 amide bonds. The van der Waals surface area contributed by atoms with E-state index in [4.69, 9.17) is 0 Å². The molecule has 5 nitrogen and oxygen atoms in total. The van der Waals surface area contributed by atoms with Gasteiger partial charge in [-0.25, -0.2) is 0 Å². The van der Waals surface area contributed by atoms with Gasteiger partial charge >= 0.3 is 0 Å². The van der Waals surface area contributed by atoms with Crippen LogP contribution in [0.3, 0.4) is 0 Å². The minimum absolute atomic E-state index is 0.506. The van der Waals surface area contributed by atoms with Crippen LogP contribution in [0.15, 0.2) is 18.5 Å². The van der Waals surface area contributed by atoms with Gasteiger partial charge < -0.3 is 0 Å². The van der Waals surface area contributed by atoms with Gasteiger partial charge in [-0.2, -0.15) is 0 Å². The van der Waals surface area contributed by atoms with Crippen LogP contribution in [0.2, 0.25) is 0 Å². The summed E-state index contributed by atoms with van der Waals surface area (Å²) in [6.07, 6.45) is 3.47. The number of hydrogen-bond acceptors (Lipinski definition) is 5. The van der Waals surface area contributed by atoms with Gasteiger partial charge in [0.2, 0.25) is 5.82 Å². The van der Waals surface area contributed by atoms with Gasteiger partial charge in [-0.15, -0.1) is 20.4 Å². The summed E-state index contributed by atoms with van der Waals surface area (Å²) in [7, 11) is 0. The molecular formula is C9H9N5. The summed E-state index contributed by atoms with van der Waals surface area (Å²) in [6, 6.07) is 1.95. The number of pyridine rings is 1. The number of hydrogen-bond donors (Lipinski definition) is 0. The zero-order valence-corrected chi connectivity index (χ0v) is 7.97. The quantitative estimate of drug-likeness (QED) is 0.664. The Morgan fingerprint density at radius 3 is 2.29 bits per heavy atom. The van der Waals surface area contributed by atoms with Crippen LogP contribution in [0, 0.1) is 13.8 Å². The van der Waals surface area contributed by atoms with Crippen molar-refractivity contribution in [2.24, 2.45) is 0 Å². The zero-order chi connectivity index (χ0) is 9.97. The van der Waals surface area contributed by atoms with E-state index >= 15 is 0 Å². The van der Waals surface area contributed by atoms with E-state index in [0.29, 0.717) is 11.6 Å². The van der Waals surface area contributed by atoms with Crippen molar-refractivity contribution in [3.63, 3.8) is 0 Å². The van der Waals surface area contributed by atoms with Crippen LogP contribution in [-0.4, -0.2) is 25.4 Å². The molecule has 0 aromatic carbocycles. The molecule has 5 heteroatoms. The van der Waals surface area contributed by atoms with Gasteiger partial charge in [0.15, 0.2) is 5.82 Å². The highest BCUT2D eigenvalue weighted by molar-refractivity contribution is 5.52. The van der Waals surface area contributed by atoms with Crippen molar-refractivity contribution in [2.75, 3.05) is 0 Å². The lowest BCUT2D eigenvalue weighted by atomic mass is 10.2. The third-order valence-corrected chi connectivity index (χ3v) is 1.71. The molecule has 2 aromatic heterocycles. The Balaban J connectivity index is 2.44. The highest BCUT2D eigenvalue weighted by Gasteiger charge is 2.02. The maximum atomic E-state index is 4.05. The minimum atomic E-state index is 0.506. The summed E-state index contributed by atoms with van der Waals surface area (Å²) in [6.45, 7) is 3.71. The largest absolute Gasteiger partial charge is 0.264 e. The van der Waals surface area contributed by atoms with E-state index in [1.54, 1.807) is 19.3 Å². The molecule has 0 N–H and O–H groups in total. The van der Waals surface area contributed by atoms with Gasteiger partial charge in [0.05, 0.1) is 0 Å². The van der Waals surface area contributed by atoms with Crippen LogP contribution in [0.4, 0.5) is 0 Å². The van der Waals surface area contributed by atoms with E-state index in [2.05, 4.69) is 25.4 Å². The molecule has 0 aliphatic carbocycles. The maximum absolute atomic E-state index is 4.05. The Hall–Kier alpha value is -1.91.